The standard InChI is InChI=1S/C23H22N6O2S/c30-23(18-13-19(31-27-18)20-7-4-12-32-20)26-21-14-22(25-16-24-21)29-10-8-28(9-11-29)15-17-5-2-1-3-6-17/h1-7,12-14,16H,8-11,15H2,(H,24,25,26,30). The molecule has 0 atom stereocenters. The Hall–Kier alpha value is -3.56. The second kappa shape index (κ2) is 9.29. The van der Waals surface area contributed by atoms with E-state index in [9.17, 15) is 4.79 Å². The highest BCUT2D eigenvalue weighted by atomic mass is 32.1. The number of aromatic nitrogens is 3. The van der Waals surface area contributed by atoms with Crippen LogP contribution in [0.5, 0.6) is 0 Å². The van der Waals surface area contributed by atoms with Gasteiger partial charge in [0.1, 0.15) is 18.0 Å². The summed E-state index contributed by atoms with van der Waals surface area (Å²) in [7, 11) is 0. The minimum Gasteiger partial charge on any atom is -0.355 e. The Morgan fingerprint density at radius 1 is 1.03 bits per heavy atom. The van der Waals surface area contributed by atoms with Crippen LogP contribution in [0.25, 0.3) is 10.6 Å². The monoisotopic (exact) mass is 446 g/mol. The van der Waals surface area contributed by atoms with Gasteiger partial charge in [-0.05, 0) is 17.0 Å². The van der Waals surface area contributed by atoms with Gasteiger partial charge in [0.15, 0.2) is 11.5 Å². The van der Waals surface area contributed by atoms with Gasteiger partial charge in [-0.15, -0.1) is 11.3 Å². The van der Waals surface area contributed by atoms with Crippen LogP contribution in [0, 0.1) is 0 Å². The molecule has 0 radical (unpaired) electrons. The molecule has 1 amide bonds. The molecule has 0 spiro atoms. The normalized spacial score (nSPS) is 14.4. The molecule has 9 heteroatoms. The zero-order valence-electron chi connectivity index (χ0n) is 17.3. The van der Waals surface area contributed by atoms with Crippen LogP contribution in [0.3, 0.4) is 0 Å². The summed E-state index contributed by atoms with van der Waals surface area (Å²) in [4.78, 5) is 26.8. The number of carbonyl (C=O) groups is 1. The quantitative estimate of drug-likeness (QED) is 0.482. The maximum atomic E-state index is 12.6. The predicted octanol–water partition coefficient (Wildman–Crippen LogP) is 3.77. The molecule has 0 bridgehead atoms. The fourth-order valence-electron chi connectivity index (χ4n) is 3.66. The molecule has 4 heterocycles. The van der Waals surface area contributed by atoms with Crippen LogP contribution in [-0.4, -0.2) is 52.1 Å². The number of benzene rings is 1. The van der Waals surface area contributed by atoms with Gasteiger partial charge in [-0.1, -0.05) is 41.6 Å². The Labute approximate surface area is 189 Å². The van der Waals surface area contributed by atoms with Crippen LogP contribution in [0.1, 0.15) is 16.1 Å². The second-order valence-corrected chi connectivity index (χ2v) is 8.47. The number of nitrogens with zero attached hydrogens (tertiary/aromatic N) is 5. The minimum absolute atomic E-state index is 0.211. The Bertz CT molecular complexity index is 1170. The summed E-state index contributed by atoms with van der Waals surface area (Å²) in [5, 5.41) is 8.62. The first-order valence-corrected chi connectivity index (χ1v) is 11.3. The molecular formula is C23H22N6O2S. The van der Waals surface area contributed by atoms with Crippen molar-refractivity contribution in [1.82, 2.24) is 20.0 Å². The van der Waals surface area contributed by atoms with Gasteiger partial charge in [0.05, 0.1) is 4.88 Å². The van der Waals surface area contributed by atoms with Gasteiger partial charge in [-0.3, -0.25) is 9.69 Å². The van der Waals surface area contributed by atoms with Crippen LogP contribution in [-0.2, 0) is 6.54 Å². The van der Waals surface area contributed by atoms with Gasteiger partial charge in [0.25, 0.3) is 5.91 Å². The molecular weight excluding hydrogens is 424 g/mol. The number of carbonyl (C=O) groups excluding carboxylic acids is 1. The number of rotatable bonds is 6. The fraction of sp³-hybridized carbons (Fsp3) is 0.217. The molecule has 162 valence electrons. The van der Waals surface area contributed by atoms with E-state index in [1.807, 2.05) is 23.6 Å². The van der Waals surface area contributed by atoms with Gasteiger partial charge in [-0.2, -0.15) is 0 Å². The fourth-order valence-corrected chi connectivity index (χ4v) is 4.34. The third kappa shape index (κ3) is 4.68. The Kier molecular flexibility index (Phi) is 5.91. The van der Waals surface area contributed by atoms with E-state index in [1.165, 1.54) is 23.2 Å². The van der Waals surface area contributed by atoms with Crippen LogP contribution in [0.2, 0.25) is 0 Å². The lowest BCUT2D eigenvalue weighted by Crippen LogP contribution is -2.46. The summed E-state index contributed by atoms with van der Waals surface area (Å²) in [6.45, 7) is 4.58. The molecule has 8 nitrogen and oxygen atoms in total. The van der Waals surface area contributed by atoms with Crippen molar-refractivity contribution in [3.8, 4) is 10.6 Å². The topological polar surface area (TPSA) is 87.4 Å². The molecule has 1 saturated heterocycles. The summed E-state index contributed by atoms with van der Waals surface area (Å²) in [6, 6.07) is 17.8. The minimum atomic E-state index is -0.367. The van der Waals surface area contributed by atoms with Crippen molar-refractivity contribution in [3.05, 3.63) is 77.6 Å². The Morgan fingerprint density at radius 3 is 2.66 bits per heavy atom. The van der Waals surface area contributed by atoms with E-state index < -0.39 is 0 Å². The molecule has 3 aromatic heterocycles. The van der Waals surface area contributed by atoms with Crippen LogP contribution < -0.4 is 10.2 Å². The number of amides is 1. The van der Waals surface area contributed by atoms with Gasteiger partial charge in [-0.25, -0.2) is 9.97 Å². The van der Waals surface area contributed by atoms with Crippen molar-refractivity contribution in [1.29, 1.82) is 0 Å². The first-order chi connectivity index (χ1) is 15.7. The zero-order chi connectivity index (χ0) is 21.8. The maximum Gasteiger partial charge on any atom is 0.279 e. The molecule has 4 aromatic rings. The van der Waals surface area contributed by atoms with E-state index in [-0.39, 0.29) is 11.6 Å². The highest BCUT2D eigenvalue weighted by Crippen LogP contribution is 2.25. The molecule has 1 aromatic carbocycles. The average Bonchev–Trinajstić information content (AvgIpc) is 3.53. The van der Waals surface area contributed by atoms with Crippen molar-refractivity contribution >= 4 is 28.9 Å². The highest BCUT2D eigenvalue weighted by molar-refractivity contribution is 7.13. The molecule has 0 saturated carbocycles. The van der Waals surface area contributed by atoms with Crippen molar-refractivity contribution in [2.45, 2.75) is 6.54 Å². The molecule has 5 rings (SSSR count). The summed E-state index contributed by atoms with van der Waals surface area (Å²) < 4.78 is 5.29. The van der Waals surface area contributed by atoms with Gasteiger partial charge < -0.3 is 14.7 Å². The van der Waals surface area contributed by atoms with Crippen LogP contribution in [0.4, 0.5) is 11.6 Å². The number of anilines is 2. The average molecular weight is 447 g/mol. The number of thiophene rings is 1. The van der Waals surface area contributed by atoms with E-state index in [0.29, 0.717) is 11.6 Å². The Balaban J connectivity index is 1.19. The van der Waals surface area contributed by atoms with Gasteiger partial charge in [0, 0.05) is 44.9 Å². The van der Waals surface area contributed by atoms with Crippen molar-refractivity contribution in [3.63, 3.8) is 0 Å². The molecule has 1 aliphatic heterocycles. The first kappa shape index (κ1) is 20.3. The van der Waals surface area contributed by atoms with E-state index >= 15 is 0 Å². The lowest BCUT2D eigenvalue weighted by molar-refractivity contribution is 0.101. The van der Waals surface area contributed by atoms with Crippen molar-refractivity contribution < 1.29 is 9.32 Å². The van der Waals surface area contributed by atoms with Crippen LogP contribution in [0.15, 0.2) is 70.8 Å². The lowest BCUT2D eigenvalue weighted by Gasteiger charge is -2.35. The van der Waals surface area contributed by atoms with Crippen LogP contribution >= 0.6 is 11.3 Å². The highest BCUT2D eigenvalue weighted by Gasteiger charge is 2.20. The third-order valence-corrected chi connectivity index (χ3v) is 6.23. The molecule has 1 aliphatic rings. The van der Waals surface area contributed by atoms with Gasteiger partial charge in [0.2, 0.25) is 0 Å². The molecule has 0 unspecified atom stereocenters. The number of hydrogen-bond acceptors (Lipinski definition) is 8. The number of nitrogens with one attached hydrogen (secondary N) is 1. The second-order valence-electron chi connectivity index (χ2n) is 7.52. The molecule has 32 heavy (non-hydrogen) atoms. The molecule has 1 fully saturated rings. The number of piperazine rings is 1. The summed E-state index contributed by atoms with van der Waals surface area (Å²) >= 11 is 1.53. The number of hydrogen-bond donors (Lipinski definition) is 1. The van der Waals surface area contributed by atoms with Crippen molar-refractivity contribution in [2.75, 3.05) is 36.4 Å². The molecule has 1 N–H and O–H groups in total. The SMILES string of the molecule is O=C(Nc1cc(N2CCN(Cc3ccccc3)CC2)ncn1)c1cc(-c2cccs2)on1. The largest absolute Gasteiger partial charge is 0.355 e. The first-order valence-electron chi connectivity index (χ1n) is 10.4. The lowest BCUT2D eigenvalue weighted by atomic mass is 10.2. The van der Waals surface area contributed by atoms with E-state index in [4.69, 9.17) is 4.52 Å². The van der Waals surface area contributed by atoms with E-state index in [0.717, 1.165) is 43.4 Å². The van der Waals surface area contributed by atoms with Crippen molar-refractivity contribution in [2.24, 2.45) is 0 Å². The summed E-state index contributed by atoms with van der Waals surface area (Å²) in [6.07, 6.45) is 1.47. The maximum absolute atomic E-state index is 12.6. The Morgan fingerprint density at radius 2 is 1.88 bits per heavy atom. The molecule has 0 aliphatic carbocycles. The van der Waals surface area contributed by atoms with E-state index in [1.54, 1.807) is 12.1 Å². The van der Waals surface area contributed by atoms with E-state index in [2.05, 4.69) is 54.5 Å². The summed E-state index contributed by atoms with van der Waals surface area (Å²) in [5.74, 6) is 1.44. The third-order valence-electron chi connectivity index (χ3n) is 5.35. The predicted molar refractivity (Wildman–Crippen MR) is 124 cm³/mol. The smallest absolute Gasteiger partial charge is 0.279 e. The zero-order valence-corrected chi connectivity index (χ0v) is 18.2. The summed E-state index contributed by atoms with van der Waals surface area (Å²) in [5.41, 5.74) is 1.53. The van der Waals surface area contributed by atoms with Gasteiger partial charge >= 0.3 is 0 Å².